The van der Waals surface area contributed by atoms with Crippen molar-refractivity contribution in [1.82, 2.24) is 10.3 Å². The minimum absolute atomic E-state index is 0.220. The lowest BCUT2D eigenvalue weighted by molar-refractivity contribution is -0.139. The van der Waals surface area contributed by atoms with Crippen molar-refractivity contribution >= 4 is 11.9 Å². The fourth-order valence-electron chi connectivity index (χ4n) is 2.91. The molecule has 0 saturated heterocycles. The molecule has 124 valence electrons. The summed E-state index contributed by atoms with van der Waals surface area (Å²) in [5.74, 6) is -0.449. The van der Waals surface area contributed by atoms with Crippen LogP contribution in [0.25, 0.3) is 0 Å². The highest BCUT2D eigenvalue weighted by Crippen LogP contribution is 2.33. The Hall–Kier alpha value is -2.11. The number of hydrogen-bond donors (Lipinski definition) is 2. The van der Waals surface area contributed by atoms with Gasteiger partial charge in [0.2, 0.25) is 5.88 Å². The van der Waals surface area contributed by atoms with E-state index in [4.69, 9.17) is 4.74 Å². The number of carboxylic acid groups (broad SMARTS) is 1. The summed E-state index contributed by atoms with van der Waals surface area (Å²) < 4.78 is 5.75. The van der Waals surface area contributed by atoms with Gasteiger partial charge in [0.05, 0.1) is 5.56 Å². The molecule has 1 amide bonds. The van der Waals surface area contributed by atoms with E-state index in [1.165, 1.54) is 19.0 Å². The Morgan fingerprint density at radius 3 is 2.57 bits per heavy atom. The van der Waals surface area contributed by atoms with E-state index in [1.807, 2.05) is 0 Å². The fourth-order valence-corrected chi connectivity index (χ4v) is 2.91. The smallest absolute Gasteiger partial charge is 0.326 e. The van der Waals surface area contributed by atoms with Crippen LogP contribution in [0.5, 0.6) is 5.88 Å². The number of rotatable bonds is 7. The van der Waals surface area contributed by atoms with E-state index in [0.29, 0.717) is 23.8 Å². The number of carbonyl (C=O) groups excluding carboxylic acids is 1. The number of aromatic nitrogens is 1. The molecule has 0 bridgehead atoms. The summed E-state index contributed by atoms with van der Waals surface area (Å²) >= 11 is 0. The van der Waals surface area contributed by atoms with E-state index in [1.54, 1.807) is 12.1 Å². The molecule has 2 aliphatic rings. The minimum atomic E-state index is -0.987. The first kappa shape index (κ1) is 15.8. The average molecular weight is 318 g/mol. The van der Waals surface area contributed by atoms with Gasteiger partial charge < -0.3 is 15.2 Å². The third-order valence-corrected chi connectivity index (χ3v) is 4.46. The van der Waals surface area contributed by atoms with Gasteiger partial charge in [0, 0.05) is 12.3 Å². The predicted molar refractivity (Wildman–Crippen MR) is 83.4 cm³/mol. The van der Waals surface area contributed by atoms with Crippen LogP contribution in [0, 0.1) is 5.92 Å². The zero-order valence-electron chi connectivity index (χ0n) is 13.0. The monoisotopic (exact) mass is 318 g/mol. The van der Waals surface area contributed by atoms with Gasteiger partial charge in [0.15, 0.2) is 0 Å². The van der Waals surface area contributed by atoms with Gasteiger partial charge >= 0.3 is 5.97 Å². The molecule has 0 aromatic carbocycles. The Morgan fingerprint density at radius 1 is 1.26 bits per heavy atom. The minimum Gasteiger partial charge on any atom is -0.480 e. The van der Waals surface area contributed by atoms with Crippen molar-refractivity contribution in [2.75, 3.05) is 0 Å². The first-order valence-electron chi connectivity index (χ1n) is 8.28. The van der Waals surface area contributed by atoms with Crippen LogP contribution in [0.4, 0.5) is 0 Å². The lowest BCUT2D eigenvalue weighted by Gasteiger charge is -2.15. The van der Waals surface area contributed by atoms with Gasteiger partial charge in [-0.05, 0) is 44.1 Å². The molecule has 0 aliphatic heterocycles. The number of carbonyl (C=O) groups is 2. The number of nitrogens with zero attached hydrogens (tertiary/aromatic N) is 1. The molecule has 6 heteroatoms. The van der Waals surface area contributed by atoms with Crippen LogP contribution in [0.1, 0.15) is 55.3 Å². The normalized spacial score (nSPS) is 19.3. The van der Waals surface area contributed by atoms with Crippen molar-refractivity contribution in [3.05, 3.63) is 23.9 Å². The van der Waals surface area contributed by atoms with E-state index in [9.17, 15) is 14.7 Å². The van der Waals surface area contributed by atoms with Crippen LogP contribution in [-0.2, 0) is 4.79 Å². The van der Waals surface area contributed by atoms with Crippen molar-refractivity contribution in [2.24, 2.45) is 5.92 Å². The van der Waals surface area contributed by atoms with Gasteiger partial charge in [0.1, 0.15) is 12.1 Å². The number of pyridine rings is 1. The summed E-state index contributed by atoms with van der Waals surface area (Å²) in [4.78, 5) is 27.5. The quantitative estimate of drug-likeness (QED) is 0.806. The molecule has 2 aliphatic carbocycles. The molecule has 1 unspecified atom stereocenters. The Morgan fingerprint density at radius 2 is 2.00 bits per heavy atom. The molecule has 3 rings (SSSR count). The van der Waals surface area contributed by atoms with Gasteiger partial charge in [-0.3, -0.25) is 4.79 Å². The highest BCUT2D eigenvalue weighted by Gasteiger charge is 2.30. The van der Waals surface area contributed by atoms with Crippen LogP contribution in [0.15, 0.2) is 18.3 Å². The van der Waals surface area contributed by atoms with Crippen molar-refractivity contribution in [1.29, 1.82) is 0 Å². The highest BCUT2D eigenvalue weighted by atomic mass is 16.5. The molecule has 23 heavy (non-hydrogen) atoms. The molecule has 1 aromatic heterocycles. The lowest BCUT2D eigenvalue weighted by atomic mass is 10.1. The molecule has 6 nitrogen and oxygen atoms in total. The van der Waals surface area contributed by atoms with Crippen LogP contribution in [0.3, 0.4) is 0 Å². The largest absolute Gasteiger partial charge is 0.480 e. The molecule has 2 saturated carbocycles. The summed E-state index contributed by atoms with van der Waals surface area (Å²) in [6, 6.07) is 2.47. The van der Waals surface area contributed by atoms with Crippen molar-refractivity contribution < 1.29 is 19.4 Å². The number of aliphatic carboxylic acids is 1. The molecule has 0 radical (unpaired) electrons. The van der Waals surface area contributed by atoms with Crippen LogP contribution in [0.2, 0.25) is 0 Å². The molecular formula is C17H22N2O4. The number of hydrogen-bond acceptors (Lipinski definition) is 4. The highest BCUT2D eigenvalue weighted by molar-refractivity contribution is 5.96. The summed E-state index contributed by atoms with van der Waals surface area (Å²) in [5, 5.41) is 11.8. The number of nitrogens with one attached hydrogen (secondary N) is 1. The average Bonchev–Trinajstić information content (AvgIpc) is 3.21. The first-order valence-corrected chi connectivity index (χ1v) is 8.28. The number of ether oxygens (including phenoxy) is 1. The summed E-state index contributed by atoms with van der Waals surface area (Å²) in [7, 11) is 0. The molecule has 0 spiro atoms. The van der Waals surface area contributed by atoms with Gasteiger partial charge in [-0.25, -0.2) is 9.78 Å². The van der Waals surface area contributed by atoms with Gasteiger partial charge in [-0.15, -0.1) is 0 Å². The van der Waals surface area contributed by atoms with E-state index in [-0.39, 0.29) is 6.10 Å². The van der Waals surface area contributed by atoms with Gasteiger partial charge in [-0.1, -0.05) is 12.8 Å². The number of amides is 1. The summed E-state index contributed by atoms with van der Waals surface area (Å²) in [5.41, 5.74) is 0.353. The third kappa shape index (κ3) is 4.43. The Kier molecular flexibility index (Phi) is 4.79. The Labute approximate surface area is 135 Å². The molecule has 1 aromatic rings. The maximum Gasteiger partial charge on any atom is 0.326 e. The van der Waals surface area contributed by atoms with E-state index >= 15 is 0 Å². The molecular weight excluding hydrogens is 296 g/mol. The Bertz CT molecular complexity index is 562. The van der Waals surface area contributed by atoms with Crippen molar-refractivity contribution in [3.8, 4) is 5.88 Å². The predicted octanol–water partition coefficient (Wildman–Crippen LogP) is 2.39. The van der Waals surface area contributed by atoms with Crippen LogP contribution < -0.4 is 10.1 Å². The van der Waals surface area contributed by atoms with Gasteiger partial charge in [0.25, 0.3) is 5.91 Å². The molecule has 2 fully saturated rings. The fraction of sp³-hybridized carbons (Fsp3) is 0.588. The number of carboxylic acids is 1. The zero-order valence-corrected chi connectivity index (χ0v) is 13.0. The van der Waals surface area contributed by atoms with Crippen LogP contribution >= 0.6 is 0 Å². The maximum absolute atomic E-state index is 12.2. The van der Waals surface area contributed by atoms with E-state index in [2.05, 4.69) is 10.3 Å². The van der Waals surface area contributed by atoms with Crippen molar-refractivity contribution in [3.63, 3.8) is 0 Å². The first-order chi connectivity index (χ1) is 11.1. The van der Waals surface area contributed by atoms with Crippen LogP contribution in [-0.4, -0.2) is 34.1 Å². The van der Waals surface area contributed by atoms with E-state index < -0.39 is 17.9 Å². The van der Waals surface area contributed by atoms with Gasteiger partial charge in [-0.2, -0.15) is 0 Å². The molecule has 2 N–H and O–H groups in total. The second-order valence-corrected chi connectivity index (χ2v) is 6.45. The SMILES string of the molecule is O=C(NC(CC1CC1)C(=O)O)c1ccc(OC2CCCC2)nc1. The maximum atomic E-state index is 12.2. The standard InChI is InChI=1S/C17H22N2O4/c20-16(19-14(17(21)22)9-11-5-6-11)12-7-8-15(18-10-12)23-13-3-1-2-4-13/h7-8,10-11,13-14H,1-6,9H2,(H,19,20)(H,21,22). The lowest BCUT2D eigenvalue weighted by Crippen LogP contribution is -2.41. The topological polar surface area (TPSA) is 88.5 Å². The summed E-state index contributed by atoms with van der Waals surface area (Å²) in [6.45, 7) is 0. The second kappa shape index (κ2) is 6.98. The Balaban J connectivity index is 1.56. The zero-order chi connectivity index (χ0) is 16.2. The van der Waals surface area contributed by atoms with Crippen molar-refractivity contribution in [2.45, 2.75) is 57.1 Å². The molecule has 1 heterocycles. The third-order valence-electron chi connectivity index (χ3n) is 4.46. The second-order valence-electron chi connectivity index (χ2n) is 6.45. The van der Waals surface area contributed by atoms with E-state index in [0.717, 1.165) is 25.7 Å². The molecule has 1 atom stereocenters. The summed E-state index contributed by atoms with van der Waals surface area (Å²) in [6.07, 6.45) is 8.72.